The van der Waals surface area contributed by atoms with Crippen LogP contribution in [0.3, 0.4) is 0 Å². The Kier molecular flexibility index (Phi) is 5.23. The van der Waals surface area contributed by atoms with E-state index in [0.29, 0.717) is 28.4 Å². The normalized spacial score (nSPS) is 11.2. The molecular formula is C22H17N3O6. The zero-order valence-corrected chi connectivity index (χ0v) is 16.6. The van der Waals surface area contributed by atoms with Gasteiger partial charge in [0.1, 0.15) is 11.5 Å². The molecule has 0 bridgehead atoms. The van der Waals surface area contributed by atoms with Gasteiger partial charge in [-0.1, -0.05) is 18.2 Å². The van der Waals surface area contributed by atoms with Gasteiger partial charge in [-0.25, -0.2) is 5.43 Å². The Morgan fingerprint density at radius 1 is 1.16 bits per heavy atom. The number of carbonyl (C=O) groups excluding carboxylic acids is 1. The molecule has 0 aliphatic carbocycles. The number of carbonyl (C=O) groups is 1. The summed E-state index contributed by atoms with van der Waals surface area (Å²) in [6.45, 7) is 1.83. The summed E-state index contributed by atoms with van der Waals surface area (Å²) in [5.74, 6) is 0.908. The molecule has 4 aromatic rings. The van der Waals surface area contributed by atoms with Crippen molar-refractivity contribution in [2.45, 2.75) is 6.92 Å². The molecule has 0 radical (unpaired) electrons. The lowest BCUT2D eigenvalue weighted by Gasteiger charge is -2.02. The Bertz CT molecular complexity index is 1320. The molecule has 1 N–H and O–H groups in total. The first-order valence-electron chi connectivity index (χ1n) is 9.21. The van der Waals surface area contributed by atoms with Gasteiger partial charge in [0.2, 0.25) is 0 Å². The number of furan rings is 2. The van der Waals surface area contributed by atoms with E-state index >= 15 is 0 Å². The lowest BCUT2D eigenvalue weighted by molar-refractivity contribution is -0.384. The number of methoxy groups -OCH3 is 1. The van der Waals surface area contributed by atoms with E-state index in [1.807, 2.05) is 13.0 Å². The highest BCUT2D eigenvalue weighted by molar-refractivity contribution is 5.97. The minimum absolute atomic E-state index is 0.0260. The molecule has 2 aromatic carbocycles. The molecule has 0 saturated carbocycles. The summed E-state index contributed by atoms with van der Waals surface area (Å²) >= 11 is 0. The van der Waals surface area contributed by atoms with Crippen LogP contribution in [0.5, 0.6) is 5.75 Å². The Morgan fingerprint density at radius 3 is 2.77 bits per heavy atom. The van der Waals surface area contributed by atoms with Crippen LogP contribution < -0.4 is 10.2 Å². The predicted octanol–water partition coefficient (Wildman–Crippen LogP) is 4.68. The minimum atomic E-state index is -0.532. The number of nitro benzene ring substituents is 1. The maximum Gasteiger partial charge on any atom is 0.307 e. The van der Waals surface area contributed by atoms with Gasteiger partial charge in [-0.05, 0) is 36.8 Å². The summed E-state index contributed by atoms with van der Waals surface area (Å²) in [5.41, 5.74) is 4.26. The summed E-state index contributed by atoms with van der Waals surface area (Å²) < 4.78 is 16.5. The van der Waals surface area contributed by atoms with Crippen LogP contribution in [-0.4, -0.2) is 24.2 Å². The molecule has 4 rings (SSSR count). The molecule has 0 unspecified atom stereocenters. The SMILES string of the molecule is COc1cccc2cc(C(=O)N/N=C\c3ccc(-c4cc([N+](=O)[O-])ccc4C)o3)oc12. The smallest absolute Gasteiger partial charge is 0.307 e. The molecular weight excluding hydrogens is 402 g/mol. The van der Waals surface area contributed by atoms with E-state index in [4.69, 9.17) is 13.6 Å². The van der Waals surface area contributed by atoms with Crippen molar-refractivity contribution in [1.82, 2.24) is 5.43 Å². The van der Waals surface area contributed by atoms with E-state index in [1.165, 1.54) is 25.5 Å². The molecule has 31 heavy (non-hydrogen) atoms. The number of nitrogens with zero attached hydrogens (tertiary/aromatic N) is 2. The van der Waals surface area contributed by atoms with Crippen LogP contribution in [0.2, 0.25) is 0 Å². The molecule has 2 heterocycles. The third-order valence-electron chi connectivity index (χ3n) is 4.63. The number of ether oxygens (including phenoxy) is 1. The molecule has 9 nitrogen and oxygen atoms in total. The topological polar surface area (TPSA) is 120 Å². The minimum Gasteiger partial charge on any atom is -0.493 e. The average Bonchev–Trinajstić information content (AvgIpc) is 3.40. The van der Waals surface area contributed by atoms with E-state index in [-0.39, 0.29) is 11.4 Å². The van der Waals surface area contributed by atoms with Crippen molar-refractivity contribution in [3.05, 3.63) is 81.8 Å². The number of benzene rings is 2. The van der Waals surface area contributed by atoms with E-state index in [1.54, 1.807) is 36.4 Å². The maximum atomic E-state index is 12.3. The van der Waals surface area contributed by atoms with Crippen molar-refractivity contribution in [2.24, 2.45) is 5.10 Å². The van der Waals surface area contributed by atoms with Crippen LogP contribution in [0, 0.1) is 17.0 Å². The highest BCUT2D eigenvalue weighted by atomic mass is 16.6. The molecule has 9 heteroatoms. The molecule has 0 fully saturated rings. The van der Waals surface area contributed by atoms with Crippen LogP contribution >= 0.6 is 0 Å². The fourth-order valence-corrected chi connectivity index (χ4v) is 3.07. The fraction of sp³-hybridized carbons (Fsp3) is 0.0909. The first-order chi connectivity index (χ1) is 15.0. The second-order valence-electron chi connectivity index (χ2n) is 6.65. The number of amides is 1. The number of aryl methyl sites for hydroxylation is 1. The molecule has 0 aliphatic heterocycles. The Hall–Kier alpha value is -4.40. The van der Waals surface area contributed by atoms with Crippen LogP contribution in [0.15, 0.2) is 68.5 Å². The van der Waals surface area contributed by atoms with Crippen molar-refractivity contribution in [3.63, 3.8) is 0 Å². The van der Waals surface area contributed by atoms with Crippen LogP contribution in [0.1, 0.15) is 21.9 Å². The van der Waals surface area contributed by atoms with Crippen molar-refractivity contribution in [3.8, 4) is 17.1 Å². The van der Waals surface area contributed by atoms with Gasteiger partial charge in [-0.15, -0.1) is 0 Å². The molecule has 0 spiro atoms. The van der Waals surface area contributed by atoms with Gasteiger partial charge in [0.15, 0.2) is 17.1 Å². The van der Waals surface area contributed by atoms with Crippen LogP contribution in [0.25, 0.3) is 22.3 Å². The first kappa shape index (κ1) is 19.9. The number of hydrazone groups is 1. The number of rotatable bonds is 6. The second kappa shape index (κ2) is 8.15. The molecule has 0 atom stereocenters. The van der Waals surface area contributed by atoms with Crippen molar-refractivity contribution in [2.75, 3.05) is 7.11 Å². The largest absolute Gasteiger partial charge is 0.493 e. The number of hydrogen-bond donors (Lipinski definition) is 1. The zero-order valence-electron chi connectivity index (χ0n) is 16.6. The third-order valence-corrected chi connectivity index (χ3v) is 4.63. The van der Waals surface area contributed by atoms with Gasteiger partial charge in [-0.3, -0.25) is 14.9 Å². The highest BCUT2D eigenvalue weighted by Crippen LogP contribution is 2.29. The first-order valence-corrected chi connectivity index (χ1v) is 9.21. The molecule has 0 saturated heterocycles. The van der Waals surface area contributed by atoms with E-state index in [2.05, 4.69) is 10.5 Å². The Labute approximate surface area is 176 Å². The number of non-ortho nitro benzene ring substituents is 1. The van der Waals surface area contributed by atoms with Crippen molar-refractivity contribution < 1.29 is 23.3 Å². The summed E-state index contributed by atoms with van der Waals surface area (Å²) in [5, 5.41) is 15.6. The predicted molar refractivity (Wildman–Crippen MR) is 113 cm³/mol. The van der Waals surface area contributed by atoms with E-state index < -0.39 is 10.8 Å². The Morgan fingerprint density at radius 2 is 2.00 bits per heavy atom. The highest BCUT2D eigenvalue weighted by Gasteiger charge is 2.15. The van der Waals surface area contributed by atoms with Crippen LogP contribution in [-0.2, 0) is 0 Å². The number of nitrogens with one attached hydrogen (secondary N) is 1. The van der Waals surface area contributed by atoms with Crippen molar-refractivity contribution >= 4 is 28.8 Å². The summed E-state index contributed by atoms with van der Waals surface area (Å²) in [4.78, 5) is 22.9. The Balaban J connectivity index is 1.48. The van der Waals surface area contributed by atoms with E-state index in [0.717, 1.165) is 10.9 Å². The number of para-hydroxylation sites is 1. The second-order valence-corrected chi connectivity index (χ2v) is 6.65. The fourth-order valence-electron chi connectivity index (χ4n) is 3.07. The quantitative estimate of drug-likeness (QED) is 0.275. The summed E-state index contributed by atoms with van der Waals surface area (Å²) in [6, 6.07) is 14.8. The molecule has 1 amide bonds. The van der Waals surface area contributed by atoms with Gasteiger partial charge in [0.05, 0.1) is 18.2 Å². The number of hydrogen-bond acceptors (Lipinski definition) is 7. The third kappa shape index (κ3) is 4.01. The number of nitro groups is 1. The lowest BCUT2D eigenvalue weighted by atomic mass is 10.1. The monoisotopic (exact) mass is 419 g/mol. The standard InChI is InChI=1S/C22H17N3O6/c1-13-6-7-15(25(27)28)11-17(13)18-9-8-16(30-18)12-23-24-22(26)20-10-14-4-3-5-19(29-2)21(14)31-20/h3-12H,1-2H3,(H,24,26)/b23-12-. The maximum absolute atomic E-state index is 12.3. The molecule has 0 aliphatic rings. The van der Waals surface area contributed by atoms with Crippen molar-refractivity contribution in [1.29, 1.82) is 0 Å². The number of fused-ring (bicyclic) bond motifs is 1. The van der Waals surface area contributed by atoms with Gasteiger partial charge in [0, 0.05) is 23.1 Å². The average molecular weight is 419 g/mol. The summed E-state index contributed by atoms with van der Waals surface area (Å²) in [6.07, 6.45) is 1.33. The van der Waals surface area contributed by atoms with Gasteiger partial charge in [0.25, 0.3) is 5.69 Å². The van der Waals surface area contributed by atoms with Crippen LogP contribution in [0.4, 0.5) is 5.69 Å². The molecule has 156 valence electrons. The lowest BCUT2D eigenvalue weighted by Crippen LogP contribution is -2.16. The summed E-state index contributed by atoms with van der Waals surface area (Å²) in [7, 11) is 1.52. The van der Waals surface area contributed by atoms with Gasteiger partial charge < -0.3 is 13.6 Å². The van der Waals surface area contributed by atoms with E-state index in [9.17, 15) is 14.9 Å². The van der Waals surface area contributed by atoms with Gasteiger partial charge >= 0.3 is 5.91 Å². The van der Waals surface area contributed by atoms with Gasteiger partial charge in [-0.2, -0.15) is 5.10 Å². The molecule has 2 aromatic heterocycles. The zero-order chi connectivity index (χ0) is 22.0.